The van der Waals surface area contributed by atoms with Crippen molar-refractivity contribution in [3.63, 3.8) is 0 Å². The third-order valence-corrected chi connectivity index (χ3v) is 3.04. The van der Waals surface area contributed by atoms with Crippen LogP contribution in [-0.4, -0.2) is 29.0 Å². The van der Waals surface area contributed by atoms with Crippen molar-refractivity contribution in [3.8, 4) is 0 Å². The molecule has 4 heteroatoms. The van der Waals surface area contributed by atoms with Crippen LogP contribution in [0.25, 0.3) is 0 Å². The lowest BCUT2D eigenvalue weighted by molar-refractivity contribution is 0.00282. The van der Waals surface area contributed by atoms with E-state index in [1.54, 1.807) is 0 Å². The molecule has 0 aliphatic carbocycles. The van der Waals surface area contributed by atoms with E-state index in [0.29, 0.717) is 5.92 Å². The van der Waals surface area contributed by atoms with Crippen molar-refractivity contribution in [2.24, 2.45) is 13.0 Å². The molecule has 2 atom stereocenters. The molecule has 1 aromatic rings. The van der Waals surface area contributed by atoms with Crippen LogP contribution in [0.2, 0.25) is 0 Å². The Hall–Kier alpha value is -0.870. The van der Waals surface area contributed by atoms with Crippen LogP contribution >= 0.6 is 0 Å². The second-order valence-corrected chi connectivity index (χ2v) is 5.04. The molecule has 0 saturated carbocycles. The summed E-state index contributed by atoms with van der Waals surface area (Å²) in [7, 11) is 1.95. The van der Waals surface area contributed by atoms with Crippen molar-refractivity contribution < 1.29 is 4.74 Å². The number of aryl methyl sites for hydroxylation is 1. The number of hydrogen-bond acceptors (Lipinski definition) is 3. The Morgan fingerprint density at radius 3 is 2.56 bits per heavy atom. The molecule has 1 rings (SSSR count). The fourth-order valence-corrected chi connectivity index (χ4v) is 2.19. The third-order valence-electron chi connectivity index (χ3n) is 3.04. The molecule has 0 fully saturated rings. The van der Waals surface area contributed by atoms with E-state index in [1.807, 2.05) is 17.9 Å². The molecular weight excluding hydrogens is 226 g/mol. The summed E-state index contributed by atoms with van der Waals surface area (Å²) in [6.45, 7) is 10.4. The van der Waals surface area contributed by atoms with Crippen LogP contribution in [0.1, 0.15) is 45.7 Å². The Kier molecular flexibility index (Phi) is 6.36. The van der Waals surface area contributed by atoms with E-state index >= 15 is 0 Å². The maximum absolute atomic E-state index is 5.93. The van der Waals surface area contributed by atoms with E-state index in [1.165, 1.54) is 5.56 Å². The lowest BCUT2D eigenvalue weighted by Gasteiger charge is -2.30. The normalized spacial score (nSPS) is 15.0. The summed E-state index contributed by atoms with van der Waals surface area (Å²) in [5, 5.41) is 7.86. The Labute approximate surface area is 111 Å². The average Bonchev–Trinajstić information content (AvgIpc) is 2.74. The van der Waals surface area contributed by atoms with E-state index in [0.717, 1.165) is 19.6 Å². The summed E-state index contributed by atoms with van der Waals surface area (Å²) in [4.78, 5) is 0. The minimum absolute atomic E-state index is 0.186. The fourth-order valence-electron chi connectivity index (χ4n) is 2.19. The first kappa shape index (κ1) is 15.2. The van der Waals surface area contributed by atoms with Gasteiger partial charge < -0.3 is 10.1 Å². The van der Waals surface area contributed by atoms with E-state index in [4.69, 9.17) is 4.74 Å². The third kappa shape index (κ3) is 4.10. The first-order valence-corrected chi connectivity index (χ1v) is 6.93. The van der Waals surface area contributed by atoms with Gasteiger partial charge in [0.05, 0.1) is 18.3 Å². The van der Waals surface area contributed by atoms with Crippen molar-refractivity contribution in [1.82, 2.24) is 15.1 Å². The Bertz CT molecular complexity index is 336. The lowest BCUT2D eigenvalue weighted by Crippen LogP contribution is -2.37. The molecule has 1 N–H and O–H groups in total. The zero-order chi connectivity index (χ0) is 13.5. The summed E-state index contributed by atoms with van der Waals surface area (Å²) < 4.78 is 7.77. The van der Waals surface area contributed by atoms with Gasteiger partial charge in [0.2, 0.25) is 0 Å². The molecule has 0 radical (unpaired) electrons. The second kappa shape index (κ2) is 7.54. The summed E-state index contributed by atoms with van der Waals surface area (Å²) in [5.41, 5.74) is 1.21. The molecule has 0 bridgehead atoms. The largest absolute Gasteiger partial charge is 0.376 e. The van der Waals surface area contributed by atoms with Crippen molar-refractivity contribution in [2.75, 3.05) is 13.2 Å². The Balaban J connectivity index is 2.87. The lowest BCUT2D eigenvalue weighted by atomic mass is 9.95. The van der Waals surface area contributed by atoms with Gasteiger partial charge in [-0.25, -0.2) is 0 Å². The highest BCUT2D eigenvalue weighted by atomic mass is 16.5. The van der Waals surface area contributed by atoms with Crippen LogP contribution in [0.5, 0.6) is 0 Å². The predicted octanol–water partition coefficient (Wildman–Crippen LogP) is 2.52. The van der Waals surface area contributed by atoms with Gasteiger partial charge in [0.25, 0.3) is 0 Å². The highest BCUT2D eigenvalue weighted by molar-refractivity contribution is 5.12. The summed E-state index contributed by atoms with van der Waals surface area (Å²) in [6.07, 6.45) is 5.31. The van der Waals surface area contributed by atoms with Gasteiger partial charge in [-0.15, -0.1) is 0 Å². The second-order valence-electron chi connectivity index (χ2n) is 5.04. The smallest absolute Gasteiger partial charge is 0.0793 e. The molecule has 0 aliphatic rings. The quantitative estimate of drug-likeness (QED) is 0.774. The van der Waals surface area contributed by atoms with Crippen molar-refractivity contribution in [3.05, 3.63) is 18.0 Å². The number of nitrogens with zero attached hydrogens (tertiary/aromatic N) is 2. The first-order valence-electron chi connectivity index (χ1n) is 6.93. The van der Waals surface area contributed by atoms with Crippen molar-refractivity contribution >= 4 is 0 Å². The zero-order valence-electron chi connectivity index (χ0n) is 12.3. The van der Waals surface area contributed by atoms with Crippen LogP contribution in [0, 0.1) is 5.92 Å². The van der Waals surface area contributed by atoms with Crippen molar-refractivity contribution in [2.45, 2.75) is 46.3 Å². The molecule has 104 valence electrons. The molecule has 1 aromatic heterocycles. The monoisotopic (exact) mass is 253 g/mol. The molecule has 2 unspecified atom stereocenters. The van der Waals surface area contributed by atoms with Gasteiger partial charge in [0, 0.05) is 25.4 Å². The Morgan fingerprint density at radius 2 is 2.11 bits per heavy atom. The molecule has 18 heavy (non-hydrogen) atoms. The summed E-state index contributed by atoms with van der Waals surface area (Å²) in [6, 6.07) is 0.221. The first-order chi connectivity index (χ1) is 8.60. The van der Waals surface area contributed by atoms with Gasteiger partial charge in [-0.3, -0.25) is 4.68 Å². The van der Waals surface area contributed by atoms with Gasteiger partial charge >= 0.3 is 0 Å². The standard InChI is InChI=1S/C14H27N3O/c1-6-8-15-13(12-9-16-17(5)10-12)14(11(3)4)18-7-2/h9-11,13-15H,6-8H2,1-5H3. The van der Waals surface area contributed by atoms with Gasteiger partial charge in [-0.05, 0) is 25.8 Å². The van der Waals surface area contributed by atoms with E-state index in [9.17, 15) is 0 Å². The SMILES string of the molecule is CCCNC(c1cnn(C)c1)C(OCC)C(C)C. The Morgan fingerprint density at radius 1 is 1.39 bits per heavy atom. The van der Waals surface area contributed by atoms with E-state index in [2.05, 4.69) is 44.3 Å². The molecule has 0 amide bonds. The van der Waals surface area contributed by atoms with Gasteiger partial charge in [0.15, 0.2) is 0 Å². The van der Waals surface area contributed by atoms with Crippen LogP contribution in [0.4, 0.5) is 0 Å². The molecule has 0 aromatic carbocycles. The fraction of sp³-hybridized carbons (Fsp3) is 0.786. The number of aromatic nitrogens is 2. The van der Waals surface area contributed by atoms with Gasteiger partial charge in [-0.1, -0.05) is 20.8 Å². The van der Waals surface area contributed by atoms with E-state index in [-0.39, 0.29) is 12.1 Å². The molecule has 4 nitrogen and oxygen atoms in total. The average molecular weight is 253 g/mol. The maximum Gasteiger partial charge on any atom is 0.0793 e. The summed E-state index contributed by atoms with van der Waals surface area (Å²) in [5.74, 6) is 0.472. The molecule has 0 saturated heterocycles. The van der Waals surface area contributed by atoms with E-state index < -0.39 is 0 Å². The van der Waals surface area contributed by atoms with Crippen LogP contribution in [0.3, 0.4) is 0 Å². The van der Waals surface area contributed by atoms with Crippen molar-refractivity contribution in [1.29, 1.82) is 0 Å². The number of ether oxygens (including phenoxy) is 1. The van der Waals surface area contributed by atoms with Gasteiger partial charge in [-0.2, -0.15) is 5.10 Å². The highest BCUT2D eigenvalue weighted by Crippen LogP contribution is 2.24. The minimum atomic E-state index is 0.186. The number of hydrogen-bond donors (Lipinski definition) is 1. The highest BCUT2D eigenvalue weighted by Gasteiger charge is 2.26. The molecule has 0 spiro atoms. The predicted molar refractivity (Wildman–Crippen MR) is 74.5 cm³/mol. The molecular formula is C14H27N3O. The topological polar surface area (TPSA) is 39.1 Å². The van der Waals surface area contributed by atoms with Crippen LogP contribution in [-0.2, 0) is 11.8 Å². The summed E-state index contributed by atoms with van der Waals surface area (Å²) >= 11 is 0. The number of nitrogens with one attached hydrogen (secondary N) is 1. The maximum atomic E-state index is 5.93. The number of rotatable bonds is 8. The van der Waals surface area contributed by atoms with Gasteiger partial charge in [0.1, 0.15) is 0 Å². The molecule has 0 aliphatic heterocycles. The minimum Gasteiger partial charge on any atom is -0.376 e. The van der Waals surface area contributed by atoms with Crippen LogP contribution < -0.4 is 5.32 Å². The molecule has 1 heterocycles. The van der Waals surface area contributed by atoms with Crippen LogP contribution in [0.15, 0.2) is 12.4 Å². The zero-order valence-corrected chi connectivity index (χ0v) is 12.3.